The third-order valence-corrected chi connectivity index (χ3v) is 3.52. The first-order chi connectivity index (χ1) is 8.51. The second-order valence-corrected chi connectivity index (χ2v) is 4.93. The van der Waals surface area contributed by atoms with Crippen molar-refractivity contribution in [2.24, 2.45) is 5.92 Å². The van der Waals surface area contributed by atoms with Gasteiger partial charge in [0.25, 0.3) is 5.56 Å². The van der Waals surface area contributed by atoms with Crippen LogP contribution in [0.2, 0.25) is 0 Å². The van der Waals surface area contributed by atoms with Gasteiger partial charge in [-0.2, -0.15) is 5.10 Å². The molecule has 0 aliphatic rings. The van der Waals surface area contributed by atoms with Crippen molar-refractivity contribution in [1.82, 2.24) is 9.78 Å². The van der Waals surface area contributed by atoms with Crippen molar-refractivity contribution in [3.8, 4) is 12.3 Å². The molecule has 0 radical (unpaired) electrons. The molecule has 0 aliphatic carbocycles. The van der Waals surface area contributed by atoms with E-state index in [0.717, 1.165) is 0 Å². The highest BCUT2D eigenvalue weighted by Crippen LogP contribution is 2.19. The lowest BCUT2D eigenvalue weighted by molar-refractivity contribution is 0.226. The molecule has 0 aliphatic heterocycles. The number of halogens is 1. The predicted octanol–water partition coefficient (Wildman–Crippen LogP) is 1.07. The van der Waals surface area contributed by atoms with Crippen LogP contribution in [0.5, 0.6) is 0 Å². The van der Waals surface area contributed by atoms with Crippen LogP contribution in [-0.2, 0) is 6.54 Å². The Kier molecular flexibility index (Phi) is 5.38. The minimum atomic E-state index is -0.276. The van der Waals surface area contributed by atoms with Crippen molar-refractivity contribution in [2.75, 3.05) is 11.9 Å². The number of aliphatic hydroxyl groups is 1. The van der Waals surface area contributed by atoms with Gasteiger partial charge in [-0.3, -0.25) is 4.79 Å². The monoisotopic (exact) mass is 313 g/mol. The minimum Gasteiger partial charge on any atom is -0.396 e. The summed E-state index contributed by atoms with van der Waals surface area (Å²) in [6.45, 7) is 4.06. The summed E-state index contributed by atoms with van der Waals surface area (Å²) in [6.07, 6.45) is 6.69. The van der Waals surface area contributed by atoms with Crippen LogP contribution >= 0.6 is 15.9 Å². The first kappa shape index (κ1) is 14.7. The van der Waals surface area contributed by atoms with E-state index in [4.69, 9.17) is 11.5 Å². The Hall–Kier alpha value is -1.32. The molecule has 1 rings (SSSR count). The van der Waals surface area contributed by atoms with Crippen LogP contribution in [0, 0.1) is 18.3 Å². The van der Waals surface area contributed by atoms with Gasteiger partial charge in [-0.15, -0.1) is 6.42 Å². The molecular weight excluding hydrogens is 298 g/mol. The average molecular weight is 314 g/mol. The molecule has 2 unspecified atom stereocenters. The number of terminal acetylenes is 1. The second-order valence-electron chi connectivity index (χ2n) is 4.13. The van der Waals surface area contributed by atoms with E-state index in [0.29, 0.717) is 10.2 Å². The predicted molar refractivity (Wildman–Crippen MR) is 74.4 cm³/mol. The first-order valence-corrected chi connectivity index (χ1v) is 6.37. The fourth-order valence-corrected chi connectivity index (χ4v) is 1.73. The van der Waals surface area contributed by atoms with E-state index < -0.39 is 0 Å². The van der Waals surface area contributed by atoms with Crippen molar-refractivity contribution in [3.05, 3.63) is 21.0 Å². The Bertz CT molecular complexity index is 507. The maximum Gasteiger partial charge on any atom is 0.284 e. The molecular formula is C12H16BrN3O2. The molecule has 0 bridgehead atoms. The van der Waals surface area contributed by atoms with Crippen LogP contribution in [0.1, 0.15) is 13.8 Å². The average Bonchev–Trinajstić information content (AvgIpc) is 2.37. The summed E-state index contributed by atoms with van der Waals surface area (Å²) in [5.41, 5.74) is 0.322. The van der Waals surface area contributed by atoms with Gasteiger partial charge in [0.2, 0.25) is 0 Å². The van der Waals surface area contributed by atoms with Crippen molar-refractivity contribution in [2.45, 2.75) is 26.4 Å². The van der Waals surface area contributed by atoms with E-state index in [-0.39, 0.29) is 30.7 Å². The van der Waals surface area contributed by atoms with E-state index in [1.807, 2.05) is 13.8 Å². The molecule has 6 heteroatoms. The number of hydrogen-bond donors (Lipinski definition) is 2. The smallest absolute Gasteiger partial charge is 0.284 e. The van der Waals surface area contributed by atoms with Crippen molar-refractivity contribution >= 4 is 21.6 Å². The third kappa shape index (κ3) is 3.34. The number of nitrogens with one attached hydrogen (secondary N) is 1. The zero-order valence-electron chi connectivity index (χ0n) is 10.4. The van der Waals surface area contributed by atoms with Crippen LogP contribution in [0.4, 0.5) is 5.69 Å². The topological polar surface area (TPSA) is 67.2 Å². The zero-order valence-corrected chi connectivity index (χ0v) is 11.9. The summed E-state index contributed by atoms with van der Waals surface area (Å²) in [5.74, 6) is 2.44. The van der Waals surface area contributed by atoms with Gasteiger partial charge in [-0.05, 0) is 28.8 Å². The normalized spacial score (nSPS) is 13.7. The Morgan fingerprint density at radius 2 is 2.33 bits per heavy atom. The van der Waals surface area contributed by atoms with Gasteiger partial charge in [0.1, 0.15) is 11.0 Å². The van der Waals surface area contributed by atoms with E-state index >= 15 is 0 Å². The molecule has 0 aromatic carbocycles. The Morgan fingerprint density at radius 1 is 1.67 bits per heavy atom. The van der Waals surface area contributed by atoms with Crippen LogP contribution in [0.3, 0.4) is 0 Å². The molecule has 1 heterocycles. The summed E-state index contributed by atoms with van der Waals surface area (Å²) >= 11 is 3.23. The van der Waals surface area contributed by atoms with Gasteiger partial charge in [0.15, 0.2) is 0 Å². The molecule has 0 saturated carbocycles. The lowest BCUT2D eigenvalue weighted by Gasteiger charge is -2.21. The standard InChI is InChI=1S/C12H16BrN3O2/c1-4-5-16-12(18)11(13)10(6-14-16)15-9(3)8(2)7-17/h1,6,8-9,15,17H,5,7H2,2-3H3. The van der Waals surface area contributed by atoms with Crippen LogP contribution in [0.15, 0.2) is 15.5 Å². The number of aromatic nitrogens is 2. The van der Waals surface area contributed by atoms with Gasteiger partial charge in [-0.1, -0.05) is 12.8 Å². The lowest BCUT2D eigenvalue weighted by Crippen LogP contribution is -2.29. The Balaban J connectivity index is 2.96. The Labute approximate surface area is 114 Å². The number of rotatable bonds is 5. The molecule has 18 heavy (non-hydrogen) atoms. The quantitative estimate of drug-likeness (QED) is 0.798. The summed E-state index contributed by atoms with van der Waals surface area (Å²) in [4.78, 5) is 11.9. The van der Waals surface area contributed by atoms with Crippen molar-refractivity contribution in [1.29, 1.82) is 0 Å². The molecule has 2 N–H and O–H groups in total. The molecule has 1 aromatic heterocycles. The molecule has 1 aromatic rings. The van der Waals surface area contributed by atoms with Gasteiger partial charge in [0, 0.05) is 12.6 Å². The maximum absolute atomic E-state index is 11.9. The molecule has 98 valence electrons. The van der Waals surface area contributed by atoms with Crippen LogP contribution in [0.25, 0.3) is 0 Å². The largest absolute Gasteiger partial charge is 0.396 e. The molecule has 0 spiro atoms. The molecule has 5 nitrogen and oxygen atoms in total. The highest BCUT2D eigenvalue weighted by Gasteiger charge is 2.14. The number of hydrogen-bond acceptors (Lipinski definition) is 4. The maximum atomic E-state index is 11.9. The van der Waals surface area contributed by atoms with E-state index in [1.165, 1.54) is 4.68 Å². The van der Waals surface area contributed by atoms with Crippen molar-refractivity contribution < 1.29 is 5.11 Å². The lowest BCUT2D eigenvalue weighted by atomic mass is 10.1. The molecule has 0 amide bonds. The van der Waals surface area contributed by atoms with Gasteiger partial charge < -0.3 is 10.4 Å². The summed E-state index contributed by atoms with van der Waals surface area (Å²) in [5, 5.41) is 16.2. The first-order valence-electron chi connectivity index (χ1n) is 5.57. The molecule has 0 saturated heterocycles. The third-order valence-electron chi connectivity index (χ3n) is 2.75. The minimum absolute atomic E-state index is 0.0241. The van der Waals surface area contributed by atoms with Crippen LogP contribution in [-0.4, -0.2) is 27.5 Å². The summed E-state index contributed by atoms with van der Waals surface area (Å²) in [6, 6.07) is 0.0241. The number of nitrogens with zero attached hydrogens (tertiary/aromatic N) is 2. The number of aliphatic hydroxyl groups excluding tert-OH is 1. The van der Waals surface area contributed by atoms with Crippen molar-refractivity contribution in [3.63, 3.8) is 0 Å². The van der Waals surface area contributed by atoms with E-state index in [2.05, 4.69) is 32.3 Å². The van der Waals surface area contributed by atoms with Gasteiger partial charge in [-0.25, -0.2) is 4.68 Å². The number of anilines is 1. The summed E-state index contributed by atoms with van der Waals surface area (Å²) < 4.78 is 1.60. The SMILES string of the molecule is C#CCn1ncc(NC(C)C(C)CO)c(Br)c1=O. The van der Waals surface area contributed by atoms with Crippen LogP contribution < -0.4 is 10.9 Å². The fourth-order valence-electron chi connectivity index (χ4n) is 1.31. The Morgan fingerprint density at radius 3 is 2.89 bits per heavy atom. The van der Waals surface area contributed by atoms with Gasteiger partial charge >= 0.3 is 0 Å². The fraction of sp³-hybridized carbons (Fsp3) is 0.500. The summed E-state index contributed by atoms with van der Waals surface area (Å²) in [7, 11) is 0. The zero-order chi connectivity index (χ0) is 13.7. The molecule has 2 atom stereocenters. The van der Waals surface area contributed by atoms with E-state index in [1.54, 1.807) is 6.20 Å². The highest BCUT2D eigenvalue weighted by atomic mass is 79.9. The highest BCUT2D eigenvalue weighted by molar-refractivity contribution is 9.10. The van der Waals surface area contributed by atoms with Gasteiger partial charge in [0.05, 0.1) is 11.9 Å². The van der Waals surface area contributed by atoms with E-state index in [9.17, 15) is 4.79 Å². The molecule has 0 fully saturated rings. The second kappa shape index (κ2) is 6.57.